The Hall–Kier alpha value is -2.43. The molecular weight excluding hydrogens is 386 g/mol. The number of anilines is 1. The molecule has 0 radical (unpaired) electrons. The number of hydrogen-bond acceptors (Lipinski definition) is 4. The molecule has 1 heterocycles. The van der Waals surface area contributed by atoms with Crippen LogP contribution in [0.15, 0.2) is 47.6 Å². The number of nitrogens with one attached hydrogen (secondary N) is 1. The molecule has 0 spiro atoms. The molecular formula is C15H10F6N2O2S. The Morgan fingerprint density at radius 1 is 1.12 bits per heavy atom. The normalized spacial score (nSPS) is 11.9. The first-order valence-corrected chi connectivity index (χ1v) is 7.67. The number of rotatable bonds is 5. The maximum Gasteiger partial charge on any atom is 0.447 e. The second-order valence-electron chi connectivity index (χ2n) is 4.79. The van der Waals surface area contributed by atoms with E-state index in [1.165, 1.54) is 24.3 Å². The highest BCUT2D eigenvalue weighted by atomic mass is 32.2. The second-order valence-corrected chi connectivity index (χ2v) is 5.84. The Labute approximate surface area is 147 Å². The molecule has 26 heavy (non-hydrogen) atoms. The van der Waals surface area contributed by atoms with Crippen LogP contribution in [-0.4, -0.2) is 29.2 Å². The van der Waals surface area contributed by atoms with E-state index in [-0.39, 0.29) is 17.0 Å². The molecule has 1 aromatic carbocycles. The fourth-order valence-corrected chi connectivity index (χ4v) is 2.39. The predicted octanol–water partition coefficient (Wildman–Crippen LogP) is 4.89. The third-order valence-corrected chi connectivity index (χ3v) is 3.47. The summed E-state index contributed by atoms with van der Waals surface area (Å²) in [6.07, 6.45) is -3.42. The van der Waals surface area contributed by atoms with Gasteiger partial charge in [-0.2, -0.15) is 26.3 Å². The summed E-state index contributed by atoms with van der Waals surface area (Å²) in [6, 6.07) is 7.49. The number of benzene rings is 1. The van der Waals surface area contributed by atoms with Crippen molar-refractivity contribution in [3.63, 3.8) is 0 Å². The third-order valence-electron chi connectivity index (χ3n) is 2.72. The number of aromatic nitrogens is 1. The highest BCUT2D eigenvalue weighted by Gasteiger charge is 2.32. The van der Waals surface area contributed by atoms with Gasteiger partial charge in [-0.1, -0.05) is 6.07 Å². The predicted molar refractivity (Wildman–Crippen MR) is 82.1 cm³/mol. The maximum absolute atomic E-state index is 12.5. The minimum Gasteiger partial charge on any atom is -0.484 e. The zero-order chi connectivity index (χ0) is 19.4. The van der Waals surface area contributed by atoms with Crippen molar-refractivity contribution in [3.8, 4) is 5.75 Å². The van der Waals surface area contributed by atoms with Gasteiger partial charge in [0.05, 0.1) is 5.56 Å². The average Bonchev–Trinajstić information content (AvgIpc) is 2.51. The number of nitrogens with zero attached hydrogens (tertiary/aromatic N) is 1. The summed E-state index contributed by atoms with van der Waals surface area (Å²) in [7, 11) is 0. The molecule has 2 rings (SSSR count). The van der Waals surface area contributed by atoms with Crippen LogP contribution in [0.1, 0.15) is 10.4 Å². The SMILES string of the molecule is O=C(Nc1cccc(OCC(F)(F)F)c1)c1cccnc1SC(F)(F)F. The van der Waals surface area contributed by atoms with E-state index in [1.807, 2.05) is 0 Å². The fourth-order valence-electron chi connectivity index (χ4n) is 1.78. The number of carbonyl (C=O) groups is 1. The quantitative estimate of drug-likeness (QED) is 0.578. The van der Waals surface area contributed by atoms with Crippen LogP contribution in [0.4, 0.5) is 32.0 Å². The number of amides is 1. The van der Waals surface area contributed by atoms with Crippen molar-refractivity contribution >= 4 is 23.4 Å². The number of carbonyl (C=O) groups excluding carboxylic acids is 1. The molecule has 140 valence electrons. The third kappa shape index (κ3) is 6.47. The smallest absolute Gasteiger partial charge is 0.447 e. The molecule has 0 fully saturated rings. The fraction of sp³-hybridized carbons (Fsp3) is 0.200. The Morgan fingerprint density at radius 3 is 2.50 bits per heavy atom. The Morgan fingerprint density at radius 2 is 1.85 bits per heavy atom. The van der Waals surface area contributed by atoms with Gasteiger partial charge in [0, 0.05) is 29.7 Å². The van der Waals surface area contributed by atoms with Gasteiger partial charge in [0.2, 0.25) is 0 Å². The highest BCUT2D eigenvalue weighted by Crippen LogP contribution is 2.37. The van der Waals surface area contributed by atoms with E-state index in [0.717, 1.165) is 18.3 Å². The molecule has 0 saturated carbocycles. The summed E-state index contributed by atoms with van der Waals surface area (Å²) in [6.45, 7) is -1.51. The lowest BCUT2D eigenvalue weighted by molar-refractivity contribution is -0.153. The van der Waals surface area contributed by atoms with E-state index in [2.05, 4.69) is 15.0 Å². The summed E-state index contributed by atoms with van der Waals surface area (Å²) < 4.78 is 78.6. The van der Waals surface area contributed by atoms with Gasteiger partial charge in [0.25, 0.3) is 5.91 Å². The monoisotopic (exact) mass is 396 g/mol. The van der Waals surface area contributed by atoms with Crippen LogP contribution in [0.2, 0.25) is 0 Å². The zero-order valence-electron chi connectivity index (χ0n) is 12.7. The summed E-state index contributed by atoms with van der Waals surface area (Å²) >= 11 is -0.541. The standard InChI is InChI=1S/C15H10F6N2O2S/c16-14(17,18)8-25-10-4-1-3-9(7-10)23-12(24)11-5-2-6-22-13(11)26-15(19,20)21/h1-7H,8H2,(H,23,24). The lowest BCUT2D eigenvalue weighted by atomic mass is 10.2. The first kappa shape index (κ1) is 19.9. The van der Waals surface area contributed by atoms with Gasteiger partial charge in [-0.25, -0.2) is 4.98 Å². The molecule has 0 unspecified atom stereocenters. The summed E-state index contributed by atoms with van der Waals surface area (Å²) in [5.74, 6) is -1.05. The van der Waals surface area contributed by atoms with Crippen molar-refractivity contribution < 1.29 is 35.9 Å². The van der Waals surface area contributed by atoms with Crippen LogP contribution in [0, 0.1) is 0 Å². The van der Waals surface area contributed by atoms with Crippen LogP contribution in [0.25, 0.3) is 0 Å². The van der Waals surface area contributed by atoms with E-state index < -0.39 is 41.0 Å². The Kier molecular flexibility index (Phi) is 6.01. The van der Waals surface area contributed by atoms with E-state index in [4.69, 9.17) is 0 Å². The van der Waals surface area contributed by atoms with Crippen molar-refractivity contribution in [2.75, 3.05) is 11.9 Å². The lowest BCUT2D eigenvalue weighted by Gasteiger charge is -2.12. The molecule has 0 atom stereocenters. The minimum atomic E-state index is -4.63. The van der Waals surface area contributed by atoms with E-state index >= 15 is 0 Å². The number of alkyl halides is 6. The molecule has 1 amide bonds. The summed E-state index contributed by atoms with van der Waals surface area (Å²) in [4.78, 5) is 15.7. The second kappa shape index (κ2) is 7.85. The van der Waals surface area contributed by atoms with Gasteiger partial charge >= 0.3 is 11.7 Å². The van der Waals surface area contributed by atoms with Crippen LogP contribution in [0.3, 0.4) is 0 Å². The van der Waals surface area contributed by atoms with E-state index in [9.17, 15) is 31.1 Å². The number of ether oxygens (including phenoxy) is 1. The Bertz CT molecular complexity index is 779. The molecule has 2 aromatic rings. The first-order valence-electron chi connectivity index (χ1n) is 6.85. The van der Waals surface area contributed by atoms with Crippen LogP contribution >= 0.6 is 11.8 Å². The van der Waals surface area contributed by atoms with Gasteiger partial charge in [0.15, 0.2) is 6.61 Å². The molecule has 4 nitrogen and oxygen atoms in total. The molecule has 11 heteroatoms. The van der Waals surface area contributed by atoms with Crippen LogP contribution < -0.4 is 10.1 Å². The zero-order valence-corrected chi connectivity index (χ0v) is 13.5. The average molecular weight is 396 g/mol. The largest absolute Gasteiger partial charge is 0.484 e. The topological polar surface area (TPSA) is 51.2 Å². The first-order chi connectivity index (χ1) is 12.0. The van der Waals surface area contributed by atoms with Gasteiger partial charge in [0.1, 0.15) is 10.8 Å². The highest BCUT2D eigenvalue weighted by molar-refractivity contribution is 8.00. The molecule has 0 aliphatic rings. The molecule has 0 bridgehead atoms. The number of pyridine rings is 1. The molecule has 0 saturated heterocycles. The number of halogens is 6. The Balaban J connectivity index is 2.13. The molecule has 0 aliphatic heterocycles. The van der Waals surface area contributed by atoms with Crippen molar-refractivity contribution in [3.05, 3.63) is 48.2 Å². The van der Waals surface area contributed by atoms with Gasteiger partial charge in [-0.15, -0.1) is 0 Å². The van der Waals surface area contributed by atoms with Gasteiger partial charge < -0.3 is 10.1 Å². The van der Waals surface area contributed by atoms with Crippen molar-refractivity contribution in [2.24, 2.45) is 0 Å². The number of thioether (sulfide) groups is 1. The van der Waals surface area contributed by atoms with Gasteiger partial charge in [-0.05, 0) is 24.3 Å². The van der Waals surface area contributed by atoms with Crippen LogP contribution in [0.5, 0.6) is 5.75 Å². The molecule has 0 aliphatic carbocycles. The minimum absolute atomic E-state index is 0.0569. The van der Waals surface area contributed by atoms with Gasteiger partial charge in [-0.3, -0.25) is 4.79 Å². The number of hydrogen-bond donors (Lipinski definition) is 1. The molecule has 1 aromatic heterocycles. The summed E-state index contributed by atoms with van der Waals surface area (Å²) in [5, 5.41) is 1.76. The van der Waals surface area contributed by atoms with Crippen LogP contribution in [-0.2, 0) is 0 Å². The lowest BCUT2D eigenvalue weighted by Crippen LogP contribution is -2.19. The van der Waals surface area contributed by atoms with E-state index in [0.29, 0.717) is 0 Å². The summed E-state index contributed by atoms with van der Waals surface area (Å²) in [5.41, 5.74) is -4.90. The maximum atomic E-state index is 12.5. The van der Waals surface area contributed by atoms with Crippen molar-refractivity contribution in [2.45, 2.75) is 16.7 Å². The van der Waals surface area contributed by atoms with Crippen molar-refractivity contribution in [1.82, 2.24) is 4.98 Å². The van der Waals surface area contributed by atoms with Crippen molar-refractivity contribution in [1.29, 1.82) is 0 Å². The molecule has 1 N–H and O–H groups in total. The van der Waals surface area contributed by atoms with E-state index in [1.54, 1.807) is 0 Å².